The van der Waals surface area contributed by atoms with Crippen molar-refractivity contribution in [2.24, 2.45) is 5.41 Å². The second-order valence-corrected chi connectivity index (χ2v) is 7.02. The van der Waals surface area contributed by atoms with Gasteiger partial charge in [-0.3, -0.25) is 0 Å². The lowest BCUT2D eigenvalue weighted by molar-refractivity contribution is 0.209. The number of aromatic nitrogens is 2. The van der Waals surface area contributed by atoms with Crippen molar-refractivity contribution in [2.45, 2.75) is 52.0 Å². The summed E-state index contributed by atoms with van der Waals surface area (Å²) < 4.78 is 2.25. The van der Waals surface area contributed by atoms with Gasteiger partial charge in [-0.25, -0.2) is 4.68 Å². The van der Waals surface area contributed by atoms with E-state index in [-0.39, 0.29) is 5.41 Å². The minimum atomic E-state index is 0.272. The number of nitrogens with zero attached hydrogens (tertiary/aromatic N) is 2. The molecule has 0 saturated carbocycles. The number of anilines is 1. The Kier molecular flexibility index (Phi) is 3.29. The highest BCUT2D eigenvalue weighted by molar-refractivity contribution is 5.40. The Morgan fingerprint density at radius 1 is 1.16 bits per heavy atom. The second-order valence-electron chi connectivity index (χ2n) is 7.02. The van der Waals surface area contributed by atoms with Crippen LogP contribution in [0.3, 0.4) is 0 Å². The van der Waals surface area contributed by atoms with Gasteiger partial charge in [0.25, 0.3) is 0 Å². The summed E-state index contributed by atoms with van der Waals surface area (Å²) in [4.78, 5) is 0. The van der Waals surface area contributed by atoms with Gasteiger partial charge in [-0.2, -0.15) is 5.10 Å². The Morgan fingerprint density at radius 2 is 1.89 bits per heavy atom. The van der Waals surface area contributed by atoms with Crippen molar-refractivity contribution < 1.29 is 0 Å². The first-order chi connectivity index (χ1) is 9.05. The minimum absolute atomic E-state index is 0.272. The van der Waals surface area contributed by atoms with Crippen LogP contribution in [-0.2, 0) is 0 Å². The van der Waals surface area contributed by atoms with Gasteiger partial charge in [0.2, 0.25) is 0 Å². The second kappa shape index (κ2) is 4.82. The number of fused-ring (bicyclic) bond motifs is 1. The lowest BCUT2D eigenvalue weighted by Gasteiger charge is -2.35. The first-order valence-corrected chi connectivity index (χ1v) is 7.60. The maximum atomic E-state index is 4.95. The van der Waals surface area contributed by atoms with Crippen LogP contribution < -0.4 is 10.6 Å². The van der Waals surface area contributed by atoms with Crippen molar-refractivity contribution >= 4 is 5.82 Å². The van der Waals surface area contributed by atoms with Crippen LogP contribution in [-0.4, -0.2) is 29.4 Å². The minimum Gasteiger partial charge on any atom is -0.370 e. The molecule has 19 heavy (non-hydrogen) atoms. The van der Waals surface area contributed by atoms with Gasteiger partial charge < -0.3 is 10.6 Å². The van der Waals surface area contributed by atoms with Crippen LogP contribution in [0, 0.1) is 5.41 Å². The van der Waals surface area contributed by atoms with Crippen LogP contribution in [0.1, 0.15) is 57.7 Å². The number of rotatable bonds is 1. The normalized spacial score (nSPS) is 24.9. The zero-order valence-corrected chi connectivity index (χ0v) is 12.4. The number of hydrogen-bond donors (Lipinski definition) is 2. The largest absolute Gasteiger partial charge is 0.370 e. The molecule has 3 rings (SSSR count). The third kappa shape index (κ3) is 2.50. The van der Waals surface area contributed by atoms with Crippen LogP contribution >= 0.6 is 0 Å². The summed E-state index contributed by atoms with van der Waals surface area (Å²) in [5.74, 6) is 1.86. The first-order valence-electron chi connectivity index (χ1n) is 7.60. The average molecular weight is 262 g/mol. The van der Waals surface area contributed by atoms with Gasteiger partial charge in [0, 0.05) is 18.5 Å². The molecule has 2 aliphatic rings. The van der Waals surface area contributed by atoms with Crippen molar-refractivity contribution in [3.8, 4) is 0 Å². The molecule has 1 atom stereocenters. The molecule has 1 aromatic heterocycles. The zero-order valence-electron chi connectivity index (χ0n) is 12.4. The first kappa shape index (κ1) is 13.0. The maximum Gasteiger partial charge on any atom is 0.124 e. The summed E-state index contributed by atoms with van der Waals surface area (Å²) in [5.41, 5.74) is 1.56. The third-order valence-corrected chi connectivity index (χ3v) is 4.53. The van der Waals surface area contributed by atoms with Gasteiger partial charge in [-0.05, 0) is 37.8 Å². The van der Waals surface area contributed by atoms with Crippen molar-refractivity contribution in [3.05, 3.63) is 11.8 Å². The molecule has 2 aliphatic heterocycles. The summed E-state index contributed by atoms with van der Waals surface area (Å²) in [6.07, 6.45) is 3.61. The lowest BCUT2D eigenvalue weighted by Crippen LogP contribution is -2.32. The Hall–Kier alpha value is -1.03. The Bertz CT molecular complexity index is 437. The molecule has 1 fully saturated rings. The molecule has 1 unspecified atom stereocenters. The Balaban J connectivity index is 1.88. The molecule has 0 aromatic carbocycles. The van der Waals surface area contributed by atoms with Crippen molar-refractivity contribution in [3.63, 3.8) is 0 Å². The van der Waals surface area contributed by atoms with Crippen LogP contribution in [0.25, 0.3) is 0 Å². The fourth-order valence-corrected chi connectivity index (χ4v) is 3.36. The number of piperidine rings is 1. The molecule has 3 heterocycles. The maximum absolute atomic E-state index is 4.95. The van der Waals surface area contributed by atoms with Crippen LogP contribution in [0.5, 0.6) is 0 Å². The highest BCUT2D eigenvalue weighted by Gasteiger charge is 2.32. The summed E-state index contributed by atoms with van der Waals surface area (Å²) in [6.45, 7) is 10.3. The summed E-state index contributed by atoms with van der Waals surface area (Å²) >= 11 is 0. The van der Waals surface area contributed by atoms with E-state index in [9.17, 15) is 0 Å². The van der Waals surface area contributed by atoms with E-state index in [1.165, 1.54) is 30.8 Å². The van der Waals surface area contributed by atoms with E-state index in [0.717, 1.165) is 19.6 Å². The van der Waals surface area contributed by atoms with E-state index < -0.39 is 0 Å². The molecule has 0 spiro atoms. The van der Waals surface area contributed by atoms with E-state index in [4.69, 9.17) is 5.10 Å². The summed E-state index contributed by atoms with van der Waals surface area (Å²) in [5, 5.41) is 11.9. The van der Waals surface area contributed by atoms with E-state index in [1.54, 1.807) is 0 Å². The fraction of sp³-hybridized carbons (Fsp3) is 0.800. The zero-order chi connectivity index (χ0) is 13.5. The number of hydrogen-bond acceptors (Lipinski definition) is 3. The van der Waals surface area contributed by atoms with Crippen molar-refractivity contribution in [2.75, 3.05) is 25.0 Å². The topological polar surface area (TPSA) is 41.9 Å². The van der Waals surface area contributed by atoms with Gasteiger partial charge >= 0.3 is 0 Å². The quantitative estimate of drug-likeness (QED) is 0.818. The molecule has 2 N–H and O–H groups in total. The molecule has 0 bridgehead atoms. The molecule has 1 aromatic rings. The third-order valence-electron chi connectivity index (χ3n) is 4.53. The molecule has 4 heteroatoms. The van der Waals surface area contributed by atoms with Gasteiger partial charge in [-0.1, -0.05) is 20.8 Å². The molecule has 0 radical (unpaired) electrons. The van der Waals surface area contributed by atoms with Gasteiger partial charge in [0.05, 0.1) is 11.7 Å². The standard InChI is InChI=1S/C15H26N4/c1-15(2,3)13-6-9-17-14-10-12(18-19(13)14)11-4-7-16-8-5-11/h10-11,13,16-17H,4-9H2,1-3H3. The molecule has 0 aliphatic carbocycles. The molecule has 0 amide bonds. The summed E-state index contributed by atoms with van der Waals surface area (Å²) in [7, 11) is 0. The average Bonchev–Trinajstić information content (AvgIpc) is 2.82. The van der Waals surface area contributed by atoms with Crippen LogP contribution in [0.2, 0.25) is 0 Å². The summed E-state index contributed by atoms with van der Waals surface area (Å²) in [6, 6.07) is 2.80. The molecular formula is C15H26N4. The molecular weight excluding hydrogens is 236 g/mol. The highest BCUT2D eigenvalue weighted by Crippen LogP contribution is 2.39. The smallest absolute Gasteiger partial charge is 0.124 e. The predicted molar refractivity (Wildman–Crippen MR) is 78.7 cm³/mol. The SMILES string of the molecule is CC(C)(C)C1CCNc2cc(C3CCNCC3)nn21. The fourth-order valence-electron chi connectivity index (χ4n) is 3.36. The number of nitrogens with one attached hydrogen (secondary N) is 2. The van der Waals surface area contributed by atoms with Gasteiger partial charge in [0.15, 0.2) is 0 Å². The molecule has 4 nitrogen and oxygen atoms in total. The molecule has 1 saturated heterocycles. The Morgan fingerprint density at radius 3 is 2.58 bits per heavy atom. The van der Waals surface area contributed by atoms with Gasteiger partial charge in [-0.15, -0.1) is 0 Å². The van der Waals surface area contributed by atoms with Gasteiger partial charge in [0.1, 0.15) is 5.82 Å². The van der Waals surface area contributed by atoms with E-state index >= 15 is 0 Å². The monoisotopic (exact) mass is 262 g/mol. The van der Waals surface area contributed by atoms with Crippen LogP contribution in [0.15, 0.2) is 6.07 Å². The van der Waals surface area contributed by atoms with E-state index in [2.05, 4.69) is 42.2 Å². The lowest BCUT2D eigenvalue weighted by atomic mass is 9.84. The predicted octanol–water partition coefficient (Wildman–Crippen LogP) is 2.75. The van der Waals surface area contributed by atoms with Crippen molar-refractivity contribution in [1.82, 2.24) is 15.1 Å². The van der Waals surface area contributed by atoms with E-state index in [1.807, 2.05) is 0 Å². The van der Waals surface area contributed by atoms with E-state index in [0.29, 0.717) is 12.0 Å². The van der Waals surface area contributed by atoms with Crippen LogP contribution in [0.4, 0.5) is 5.82 Å². The Labute approximate surface area is 116 Å². The highest BCUT2D eigenvalue weighted by atomic mass is 15.4. The van der Waals surface area contributed by atoms with Crippen molar-refractivity contribution in [1.29, 1.82) is 0 Å². The molecule has 106 valence electrons.